The molecular formula is C114H100Br8NO16. The van der Waals surface area contributed by atoms with Gasteiger partial charge in [0.2, 0.25) is 0 Å². The van der Waals surface area contributed by atoms with E-state index in [1.165, 1.54) is 5.06 Å². The van der Waals surface area contributed by atoms with Crippen LogP contribution >= 0.6 is 127 Å². The van der Waals surface area contributed by atoms with E-state index in [4.69, 9.17) is 71.1 Å². The largest absolute Gasteiger partial charge is 0.489 e. The van der Waals surface area contributed by atoms with Crippen LogP contribution in [-0.2, 0) is 109 Å². The zero-order valence-corrected chi connectivity index (χ0v) is 89.4. The highest BCUT2D eigenvalue weighted by Crippen LogP contribution is 2.41. The van der Waals surface area contributed by atoms with E-state index in [9.17, 15) is 5.21 Å². The highest BCUT2D eigenvalue weighted by molar-refractivity contribution is 9.11. The molecule has 0 spiro atoms. The lowest BCUT2D eigenvalue weighted by molar-refractivity contribution is -0.301. The van der Waals surface area contributed by atoms with E-state index in [0.29, 0.717) is 146 Å². The molecule has 1 radical (unpaired) electrons. The van der Waals surface area contributed by atoms with Crippen LogP contribution in [0.2, 0.25) is 0 Å². The monoisotopic (exact) mass is 2370 g/mol. The summed E-state index contributed by atoms with van der Waals surface area (Å²) in [6.45, 7) is 11.2. The summed E-state index contributed by atoms with van der Waals surface area (Å²) in [6, 6.07) is 105. The summed E-state index contributed by atoms with van der Waals surface area (Å²) in [4.78, 5) is 0. The number of ether oxygens (including phenoxy) is 15. The molecule has 15 aromatic rings. The van der Waals surface area contributed by atoms with Crippen LogP contribution in [0.3, 0.4) is 0 Å². The molecular weight excluding hydrogens is 2280 g/mol. The Morgan fingerprint density at radius 2 is 0.302 bits per heavy atom. The second-order valence-corrected chi connectivity index (χ2v) is 42.3. The Labute approximate surface area is 878 Å². The van der Waals surface area contributed by atoms with Crippen molar-refractivity contribution in [2.45, 2.75) is 157 Å². The van der Waals surface area contributed by atoms with Crippen LogP contribution < -0.4 is 66.3 Å². The first-order valence-corrected chi connectivity index (χ1v) is 51.4. The molecule has 25 heteroatoms. The summed E-state index contributed by atoms with van der Waals surface area (Å²) in [7, 11) is 0. The molecule has 139 heavy (non-hydrogen) atoms. The first-order chi connectivity index (χ1) is 67.3. The van der Waals surface area contributed by atoms with Crippen LogP contribution in [0.1, 0.15) is 124 Å². The minimum atomic E-state index is -0.685. The average Bonchev–Trinajstić information content (AvgIpc) is 0.774. The molecule has 0 aliphatic carbocycles. The van der Waals surface area contributed by atoms with Gasteiger partial charge in [0.1, 0.15) is 173 Å². The third kappa shape index (κ3) is 31.9. The molecule has 1 saturated heterocycles. The van der Waals surface area contributed by atoms with Crippen molar-refractivity contribution in [2.24, 2.45) is 0 Å². The minimum absolute atomic E-state index is 0.0423. The molecule has 0 amide bonds. The van der Waals surface area contributed by atoms with Crippen LogP contribution in [0.5, 0.6) is 80.5 Å². The SMILES string of the molecule is CC1(C)CC(OCc2cc(OCc3cc(OCc4cc(OCc5ccc(Br)cc5)cc(OCc5ccc(Br)cc5)c4)cc(OCc4cc(OCc5ccc(Br)cc5)cc(OCc5ccc(Br)cc5)c4)c3)cc(OCc3cc(OCc4cc(OCc5ccc(Br)cc5)cc(OCc5ccc(Br)cc5)c4)cc(OCc4cc(OCc5ccc(Br)cc5)cc(OCc5ccc(Br)cc5)c4)c3)c2)CC(C)(C)N1[O]. The van der Waals surface area contributed by atoms with Crippen molar-refractivity contribution < 1.29 is 76.3 Å². The number of piperidine rings is 1. The fourth-order valence-electron chi connectivity index (χ4n) is 15.6. The van der Waals surface area contributed by atoms with Crippen LogP contribution in [0.4, 0.5) is 0 Å². The second kappa shape index (κ2) is 49.1. The molecule has 713 valence electrons. The van der Waals surface area contributed by atoms with E-state index in [-0.39, 0.29) is 52.4 Å². The predicted molar refractivity (Wildman–Crippen MR) is 567 cm³/mol. The van der Waals surface area contributed by atoms with Gasteiger partial charge in [-0.25, -0.2) is 0 Å². The van der Waals surface area contributed by atoms with Gasteiger partial charge in [0.25, 0.3) is 0 Å². The van der Waals surface area contributed by atoms with Gasteiger partial charge in [-0.05, 0) is 306 Å². The van der Waals surface area contributed by atoms with Crippen molar-refractivity contribution >= 4 is 127 Å². The van der Waals surface area contributed by atoms with Crippen molar-refractivity contribution in [3.63, 3.8) is 0 Å². The number of hydroxylamine groups is 2. The molecule has 0 unspecified atom stereocenters. The standard InChI is InChI=1S/C114H100Br8NO16/c1-113(2)58-112(59-114(3,4)123(113)124)139-74-89-49-110(137-72-87-45-106(133-68-83-37-98(125-60-75-5-21-90(115)22-6-75)51-99(38-83)126-61-76-7-23-91(116)24-8-76)55-107(46-87)134-69-84-39-100(127-62-77-9-25-92(117)26-10-77)52-101(40-84)128-63-78-11-27-93(118)28-12-78)57-111(50-89)138-73-88-47-108(135-70-85-41-102(129-64-79-13-29-94(119)30-14-79)53-103(42-85)130-65-80-15-31-95(120)32-16-80)56-109(48-88)136-71-86-43-104(131-66-81-17-33-96(121)34-18-81)54-105(44-86)132-67-82-19-35-97(122)36-20-82/h5-57,112H,58-74H2,1-4H3. The lowest BCUT2D eigenvalue weighted by Crippen LogP contribution is -2.59. The molecule has 1 heterocycles. The van der Waals surface area contributed by atoms with E-state index < -0.39 is 11.1 Å². The molecule has 0 N–H and O–H groups in total. The number of nitrogens with zero attached hydrogens (tertiary/aromatic N) is 1. The summed E-state index contributed by atoms with van der Waals surface area (Å²) < 4.78 is 108. The van der Waals surface area contributed by atoms with E-state index >= 15 is 0 Å². The molecule has 1 aliphatic heterocycles. The topological polar surface area (TPSA) is 162 Å². The number of rotatable bonds is 45. The second-order valence-electron chi connectivity index (χ2n) is 35.0. The van der Waals surface area contributed by atoms with Crippen molar-refractivity contribution in [3.8, 4) is 80.5 Å². The van der Waals surface area contributed by atoms with Gasteiger partial charge in [-0.2, -0.15) is 0 Å². The maximum absolute atomic E-state index is 13.8. The Morgan fingerprint density at radius 3 is 0.432 bits per heavy atom. The molecule has 1 aliphatic rings. The predicted octanol–water partition coefficient (Wildman–Crippen LogP) is 31.8. The Morgan fingerprint density at radius 1 is 0.187 bits per heavy atom. The highest BCUT2D eigenvalue weighted by atomic mass is 79.9. The highest BCUT2D eigenvalue weighted by Gasteiger charge is 2.46. The van der Waals surface area contributed by atoms with Gasteiger partial charge in [-0.1, -0.05) is 225 Å². The molecule has 0 atom stereocenters. The maximum atomic E-state index is 13.8. The van der Waals surface area contributed by atoms with Gasteiger partial charge in [-0.3, -0.25) is 0 Å². The average molecular weight is 2380 g/mol. The number of benzene rings is 15. The fraction of sp³-hybridized carbons (Fsp3) is 0.211. The first-order valence-electron chi connectivity index (χ1n) is 45.1. The van der Waals surface area contributed by atoms with Crippen LogP contribution in [0.25, 0.3) is 0 Å². The zero-order chi connectivity index (χ0) is 96.6. The number of hydrogen-bond donors (Lipinski definition) is 0. The Bertz CT molecular complexity index is 5580. The summed E-state index contributed by atoms with van der Waals surface area (Å²) in [5.41, 5.74) is 12.0. The molecule has 15 aromatic carbocycles. The van der Waals surface area contributed by atoms with Gasteiger partial charge in [0, 0.05) is 89.3 Å². The van der Waals surface area contributed by atoms with Gasteiger partial charge in [-0.15, -0.1) is 10.3 Å². The van der Waals surface area contributed by atoms with Gasteiger partial charge in [0.15, 0.2) is 0 Å². The molecule has 0 aromatic heterocycles. The quantitative estimate of drug-likeness (QED) is 0.0354. The Hall–Kier alpha value is -10.8. The third-order valence-corrected chi connectivity index (χ3v) is 26.8. The fourth-order valence-corrected chi connectivity index (χ4v) is 17.8. The Balaban J connectivity index is 0.717. The molecule has 0 saturated carbocycles. The van der Waals surface area contributed by atoms with Crippen LogP contribution in [0.15, 0.2) is 357 Å². The molecule has 1 fully saturated rings. The van der Waals surface area contributed by atoms with Crippen molar-refractivity contribution in [1.29, 1.82) is 0 Å². The maximum Gasteiger partial charge on any atom is 0.123 e. The minimum Gasteiger partial charge on any atom is -0.489 e. The van der Waals surface area contributed by atoms with Gasteiger partial charge in [0.05, 0.1) is 12.7 Å². The summed E-state index contributed by atoms with van der Waals surface area (Å²) in [6.07, 6.45) is 0.797. The molecule has 0 bridgehead atoms. The lowest BCUT2D eigenvalue weighted by Gasteiger charge is -2.49. The van der Waals surface area contributed by atoms with Crippen molar-refractivity contribution in [3.05, 3.63) is 441 Å². The smallest absolute Gasteiger partial charge is 0.123 e. The summed E-state index contributed by atoms with van der Waals surface area (Å²) in [5, 5.41) is 15.0. The van der Waals surface area contributed by atoms with Crippen LogP contribution in [0, 0.1) is 0 Å². The normalized spacial score (nSPS) is 12.8. The summed E-state index contributed by atoms with van der Waals surface area (Å²) >= 11 is 28.6. The molecule has 16 rings (SSSR count). The van der Waals surface area contributed by atoms with E-state index in [1.54, 1.807) is 0 Å². The van der Waals surface area contributed by atoms with E-state index in [1.807, 2.05) is 349 Å². The Kier molecular flexibility index (Phi) is 35.7. The molecule has 17 nitrogen and oxygen atoms in total. The zero-order valence-electron chi connectivity index (χ0n) is 76.7. The number of halogens is 8. The third-order valence-electron chi connectivity index (χ3n) is 22.6. The van der Waals surface area contributed by atoms with E-state index in [0.717, 1.165) is 119 Å². The summed E-state index contributed by atoms with van der Waals surface area (Å²) in [5.74, 6) is 7.79. The van der Waals surface area contributed by atoms with Crippen LogP contribution in [-0.4, -0.2) is 22.2 Å². The van der Waals surface area contributed by atoms with Crippen molar-refractivity contribution in [2.75, 3.05) is 0 Å². The van der Waals surface area contributed by atoms with Gasteiger partial charge >= 0.3 is 0 Å². The lowest BCUT2D eigenvalue weighted by atomic mass is 9.80. The number of hydrogen-bond acceptors (Lipinski definition) is 16. The first kappa shape index (κ1) is 101. The van der Waals surface area contributed by atoms with Gasteiger partial charge < -0.3 is 71.1 Å². The van der Waals surface area contributed by atoms with E-state index in [2.05, 4.69) is 127 Å². The van der Waals surface area contributed by atoms with Crippen molar-refractivity contribution in [1.82, 2.24) is 5.06 Å².